The minimum atomic E-state index is -0.104. The maximum Gasteiger partial charge on any atom is 0.272 e. The number of aryl methyl sites for hydroxylation is 3. The number of nitrogens with zero attached hydrogens (tertiary/aromatic N) is 4. The number of piperidine rings is 1. The van der Waals surface area contributed by atoms with Gasteiger partial charge in [0.05, 0.1) is 5.52 Å². The van der Waals surface area contributed by atoms with Crippen LogP contribution in [0.5, 0.6) is 0 Å². The fraction of sp³-hybridized carbons (Fsp3) is 0.381. The molecule has 4 rings (SSSR count). The van der Waals surface area contributed by atoms with E-state index >= 15 is 0 Å². The Bertz CT molecular complexity index is 974. The Balaban J connectivity index is 1.50. The van der Waals surface area contributed by atoms with Crippen LogP contribution in [0.1, 0.15) is 34.6 Å². The number of fused-ring (bicyclic) bond motifs is 1. The van der Waals surface area contributed by atoms with Gasteiger partial charge < -0.3 is 10.2 Å². The van der Waals surface area contributed by atoms with E-state index in [4.69, 9.17) is 4.98 Å². The van der Waals surface area contributed by atoms with Crippen molar-refractivity contribution in [3.8, 4) is 0 Å². The summed E-state index contributed by atoms with van der Waals surface area (Å²) in [6.45, 7) is 5.79. The van der Waals surface area contributed by atoms with Crippen LogP contribution >= 0.6 is 0 Å². The molecule has 27 heavy (non-hydrogen) atoms. The summed E-state index contributed by atoms with van der Waals surface area (Å²) in [5, 5.41) is 8.61. The number of aromatic nitrogens is 3. The normalized spacial score (nSPS) is 17.3. The van der Waals surface area contributed by atoms with Crippen LogP contribution in [0.2, 0.25) is 0 Å². The molecule has 1 amide bonds. The van der Waals surface area contributed by atoms with E-state index in [0.29, 0.717) is 5.69 Å². The van der Waals surface area contributed by atoms with Gasteiger partial charge in [0.25, 0.3) is 5.91 Å². The lowest BCUT2D eigenvalue weighted by atomic mass is 10.0. The Hall–Kier alpha value is -2.89. The molecule has 0 aliphatic carbocycles. The second-order valence-electron chi connectivity index (χ2n) is 7.37. The zero-order chi connectivity index (χ0) is 19.0. The van der Waals surface area contributed by atoms with Gasteiger partial charge in [0.1, 0.15) is 11.5 Å². The molecule has 140 valence electrons. The second-order valence-corrected chi connectivity index (χ2v) is 7.37. The van der Waals surface area contributed by atoms with E-state index in [1.807, 2.05) is 32.2 Å². The van der Waals surface area contributed by atoms with E-state index < -0.39 is 0 Å². The van der Waals surface area contributed by atoms with Crippen LogP contribution in [0, 0.1) is 13.8 Å². The maximum atomic E-state index is 12.5. The lowest BCUT2D eigenvalue weighted by Crippen LogP contribution is -2.48. The van der Waals surface area contributed by atoms with Gasteiger partial charge >= 0.3 is 0 Å². The van der Waals surface area contributed by atoms with Crippen molar-refractivity contribution >= 4 is 22.6 Å². The largest absolute Gasteiger partial charge is 0.355 e. The standard InChI is InChI=1S/C21H25N5O/c1-14-11-20(23-18-9-5-4-8-17(14)18)26-10-6-7-16(13-26)22-21(27)19-12-15(2)25(3)24-19/h4-5,8-9,11-12,16H,6-7,10,13H2,1-3H3,(H,22,27). The average molecular weight is 363 g/mol. The molecule has 1 atom stereocenters. The predicted molar refractivity (Wildman–Crippen MR) is 107 cm³/mol. The number of benzene rings is 1. The zero-order valence-electron chi connectivity index (χ0n) is 16.1. The minimum Gasteiger partial charge on any atom is -0.355 e. The summed E-state index contributed by atoms with van der Waals surface area (Å²) in [4.78, 5) is 19.6. The van der Waals surface area contributed by atoms with Crippen LogP contribution in [-0.2, 0) is 7.05 Å². The summed E-state index contributed by atoms with van der Waals surface area (Å²) < 4.78 is 1.73. The van der Waals surface area contributed by atoms with E-state index in [-0.39, 0.29) is 11.9 Å². The van der Waals surface area contributed by atoms with Crippen molar-refractivity contribution < 1.29 is 4.79 Å². The molecular formula is C21H25N5O. The van der Waals surface area contributed by atoms with Crippen molar-refractivity contribution in [3.05, 3.63) is 53.3 Å². The number of amides is 1. The highest BCUT2D eigenvalue weighted by Gasteiger charge is 2.24. The Labute approximate surface area is 159 Å². The van der Waals surface area contributed by atoms with Gasteiger partial charge in [-0.15, -0.1) is 0 Å². The molecule has 6 nitrogen and oxygen atoms in total. The van der Waals surface area contributed by atoms with Gasteiger partial charge in [-0.1, -0.05) is 18.2 Å². The van der Waals surface area contributed by atoms with Gasteiger partial charge in [0.2, 0.25) is 0 Å². The smallest absolute Gasteiger partial charge is 0.272 e. The monoisotopic (exact) mass is 363 g/mol. The summed E-state index contributed by atoms with van der Waals surface area (Å²) >= 11 is 0. The summed E-state index contributed by atoms with van der Waals surface area (Å²) in [6, 6.07) is 12.3. The SMILES string of the molecule is Cc1cc(N2CCCC(NC(=O)c3cc(C)n(C)n3)C2)nc2ccccc12. The quantitative estimate of drug-likeness (QED) is 0.777. The number of carbonyl (C=O) groups is 1. The molecule has 1 fully saturated rings. The molecule has 3 aromatic rings. The fourth-order valence-corrected chi connectivity index (χ4v) is 3.73. The number of anilines is 1. The first-order chi connectivity index (χ1) is 13.0. The molecule has 1 saturated heterocycles. The summed E-state index contributed by atoms with van der Waals surface area (Å²) in [5.74, 6) is 0.882. The van der Waals surface area contributed by atoms with Crippen molar-refractivity contribution in [1.82, 2.24) is 20.1 Å². The van der Waals surface area contributed by atoms with Gasteiger partial charge in [-0.25, -0.2) is 4.98 Å². The van der Waals surface area contributed by atoms with Crippen molar-refractivity contribution in [1.29, 1.82) is 0 Å². The van der Waals surface area contributed by atoms with Crippen LogP contribution in [-0.4, -0.2) is 39.8 Å². The highest BCUT2D eigenvalue weighted by atomic mass is 16.2. The molecule has 6 heteroatoms. The molecule has 1 N–H and O–H groups in total. The van der Waals surface area contributed by atoms with Gasteiger partial charge in [0.15, 0.2) is 0 Å². The number of hydrogen-bond acceptors (Lipinski definition) is 4. The molecule has 0 saturated carbocycles. The van der Waals surface area contributed by atoms with Gasteiger partial charge in [0, 0.05) is 37.3 Å². The van der Waals surface area contributed by atoms with Gasteiger partial charge in [-0.2, -0.15) is 5.10 Å². The molecule has 1 aliphatic heterocycles. The summed E-state index contributed by atoms with van der Waals surface area (Å²) in [7, 11) is 1.85. The molecular weight excluding hydrogens is 338 g/mol. The Kier molecular flexibility index (Phi) is 4.56. The third kappa shape index (κ3) is 3.52. The molecule has 1 aromatic carbocycles. The number of hydrogen-bond donors (Lipinski definition) is 1. The van der Waals surface area contributed by atoms with E-state index in [1.54, 1.807) is 4.68 Å². The highest BCUT2D eigenvalue weighted by Crippen LogP contribution is 2.24. The topological polar surface area (TPSA) is 63.1 Å². The second kappa shape index (κ2) is 7.02. The van der Waals surface area contributed by atoms with Crippen LogP contribution in [0.4, 0.5) is 5.82 Å². The number of nitrogens with one attached hydrogen (secondary N) is 1. The first-order valence-electron chi connectivity index (χ1n) is 9.44. The predicted octanol–water partition coefficient (Wildman–Crippen LogP) is 2.98. The Morgan fingerprint density at radius 2 is 2.04 bits per heavy atom. The Morgan fingerprint density at radius 1 is 1.22 bits per heavy atom. The van der Waals surface area contributed by atoms with Gasteiger partial charge in [-0.05, 0) is 50.5 Å². The van der Waals surface area contributed by atoms with E-state index in [1.165, 1.54) is 10.9 Å². The lowest BCUT2D eigenvalue weighted by Gasteiger charge is -2.34. The third-order valence-electron chi connectivity index (χ3n) is 5.34. The first kappa shape index (κ1) is 17.5. The van der Waals surface area contributed by atoms with Crippen LogP contribution in [0.25, 0.3) is 10.9 Å². The maximum absolute atomic E-state index is 12.5. The summed E-state index contributed by atoms with van der Waals surface area (Å²) in [5.41, 5.74) is 3.70. The highest BCUT2D eigenvalue weighted by molar-refractivity contribution is 5.92. The first-order valence-corrected chi connectivity index (χ1v) is 9.44. The molecule has 1 aliphatic rings. The van der Waals surface area contributed by atoms with Crippen molar-refractivity contribution in [3.63, 3.8) is 0 Å². The van der Waals surface area contributed by atoms with E-state index in [0.717, 1.165) is 43.0 Å². The molecule has 0 radical (unpaired) electrons. The zero-order valence-corrected chi connectivity index (χ0v) is 16.1. The van der Waals surface area contributed by atoms with E-state index in [9.17, 15) is 4.79 Å². The molecule has 2 aromatic heterocycles. The molecule has 1 unspecified atom stereocenters. The van der Waals surface area contributed by atoms with E-state index in [2.05, 4.69) is 40.4 Å². The molecule has 3 heterocycles. The Morgan fingerprint density at radius 3 is 2.81 bits per heavy atom. The third-order valence-corrected chi connectivity index (χ3v) is 5.34. The average Bonchev–Trinajstić information content (AvgIpc) is 3.01. The van der Waals surface area contributed by atoms with Crippen molar-refractivity contribution in [2.24, 2.45) is 7.05 Å². The number of para-hydroxylation sites is 1. The fourth-order valence-electron chi connectivity index (χ4n) is 3.73. The van der Waals surface area contributed by atoms with Crippen molar-refractivity contribution in [2.75, 3.05) is 18.0 Å². The number of rotatable bonds is 3. The van der Waals surface area contributed by atoms with Crippen LogP contribution < -0.4 is 10.2 Å². The molecule has 0 spiro atoms. The van der Waals surface area contributed by atoms with Crippen LogP contribution in [0.15, 0.2) is 36.4 Å². The van der Waals surface area contributed by atoms with Gasteiger partial charge in [-0.3, -0.25) is 9.48 Å². The van der Waals surface area contributed by atoms with Crippen LogP contribution in [0.3, 0.4) is 0 Å². The number of pyridine rings is 1. The minimum absolute atomic E-state index is 0.0992. The molecule has 0 bridgehead atoms. The number of carbonyl (C=O) groups excluding carboxylic acids is 1. The van der Waals surface area contributed by atoms with Crippen molar-refractivity contribution in [2.45, 2.75) is 32.7 Å². The lowest BCUT2D eigenvalue weighted by molar-refractivity contribution is 0.0927. The summed E-state index contributed by atoms with van der Waals surface area (Å²) in [6.07, 6.45) is 2.00.